The van der Waals surface area contributed by atoms with Crippen LogP contribution in [-0.4, -0.2) is 45.4 Å². The molecule has 0 atom stereocenters. The molecule has 5 heteroatoms. The first-order chi connectivity index (χ1) is 10.1. The van der Waals surface area contributed by atoms with Crippen molar-refractivity contribution in [3.63, 3.8) is 0 Å². The van der Waals surface area contributed by atoms with Crippen molar-refractivity contribution in [1.82, 2.24) is 5.32 Å². The van der Waals surface area contributed by atoms with Crippen LogP contribution >= 0.6 is 12.2 Å². The highest BCUT2D eigenvalue weighted by atomic mass is 32.1. The molecular formula is C16H27N4S+. The maximum atomic E-state index is 5.30. The fraction of sp³-hybridized carbons (Fsp3) is 0.562. The summed E-state index contributed by atoms with van der Waals surface area (Å²) in [5.41, 5.74) is 2.36. The Morgan fingerprint density at radius 1 is 1.14 bits per heavy atom. The minimum Gasteiger partial charge on any atom is -0.372 e. The Bertz CT molecular complexity index is 438. The van der Waals surface area contributed by atoms with Crippen molar-refractivity contribution in [2.24, 2.45) is 0 Å². The summed E-state index contributed by atoms with van der Waals surface area (Å²) in [5.74, 6) is 0. The molecule has 21 heavy (non-hydrogen) atoms. The lowest BCUT2D eigenvalue weighted by atomic mass is 10.1. The topological polar surface area (TPSA) is 31.7 Å². The molecule has 0 radical (unpaired) electrons. The van der Waals surface area contributed by atoms with Crippen molar-refractivity contribution in [2.45, 2.75) is 19.3 Å². The molecule has 0 aliphatic carbocycles. The van der Waals surface area contributed by atoms with Crippen LogP contribution in [0, 0.1) is 0 Å². The van der Waals surface area contributed by atoms with Crippen molar-refractivity contribution in [3.8, 4) is 0 Å². The average molecular weight is 307 g/mol. The van der Waals surface area contributed by atoms with Crippen LogP contribution in [0.1, 0.15) is 19.3 Å². The maximum Gasteiger partial charge on any atom is 0.170 e. The highest BCUT2D eigenvalue weighted by molar-refractivity contribution is 7.80. The zero-order chi connectivity index (χ0) is 15.1. The van der Waals surface area contributed by atoms with Crippen molar-refractivity contribution >= 4 is 28.7 Å². The maximum absolute atomic E-state index is 5.30. The van der Waals surface area contributed by atoms with Gasteiger partial charge in [-0.3, -0.25) is 0 Å². The van der Waals surface area contributed by atoms with E-state index in [0.717, 1.165) is 18.8 Å². The van der Waals surface area contributed by atoms with Gasteiger partial charge in [0.15, 0.2) is 5.11 Å². The first kappa shape index (κ1) is 16.0. The zero-order valence-electron chi connectivity index (χ0n) is 13.1. The fourth-order valence-corrected chi connectivity index (χ4v) is 2.73. The van der Waals surface area contributed by atoms with Crippen molar-refractivity contribution in [1.29, 1.82) is 0 Å². The molecule has 0 amide bonds. The first-order valence-corrected chi connectivity index (χ1v) is 8.25. The molecule has 1 aromatic carbocycles. The third-order valence-corrected chi connectivity index (χ3v) is 4.00. The monoisotopic (exact) mass is 307 g/mol. The lowest BCUT2D eigenvalue weighted by Gasteiger charge is -2.28. The largest absolute Gasteiger partial charge is 0.372 e. The summed E-state index contributed by atoms with van der Waals surface area (Å²) in [6.45, 7) is 4.30. The number of nitrogens with zero attached hydrogens (tertiary/aromatic N) is 1. The van der Waals surface area contributed by atoms with Crippen LogP contribution < -0.4 is 20.4 Å². The fourth-order valence-electron chi connectivity index (χ4n) is 2.51. The smallest absolute Gasteiger partial charge is 0.170 e. The van der Waals surface area contributed by atoms with Gasteiger partial charge in [-0.15, -0.1) is 0 Å². The molecule has 3 N–H and O–H groups in total. The Balaban J connectivity index is 1.80. The summed E-state index contributed by atoms with van der Waals surface area (Å²) < 4.78 is 0. The predicted molar refractivity (Wildman–Crippen MR) is 94.4 cm³/mol. The van der Waals surface area contributed by atoms with Gasteiger partial charge in [0, 0.05) is 24.5 Å². The van der Waals surface area contributed by atoms with Crippen molar-refractivity contribution in [2.75, 3.05) is 50.5 Å². The second kappa shape index (κ2) is 8.20. The third kappa shape index (κ3) is 5.52. The van der Waals surface area contributed by atoms with Crippen LogP contribution in [0.25, 0.3) is 0 Å². The van der Waals surface area contributed by atoms with E-state index in [-0.39, 0.29) is 0 Å². The van der Waals surface area contributed by atoms with Crippen molar-refractivity contribution in [3.05, 3.63) is 24.3 Å². The van der Waals surface area contributed by atoms with Gasteiger partial charge in [-0.1, -0.05) is 0 Å². The first-order valence-electron chi connectivity index (χ1n) is 7.84. The number of benzene rings is 1. The molecule has 1 saturated heterocycles. The molecule has 1 aromatic rings. The number of quaternary nitrogens is 1. The summed E-state index contributed by atoms with van der Waals surface area (Å²) >= 11 is 5.30. The summed E-state index contributed by atoms with van der Waals surface area (Å²) in [6.07, 6.45) is 3.98. The van der Waals surface area contributed by atoms with Gasteiger partial charge >= 0.3 is 0 Å². The van der Waals surface area contributed by atoms with E-state index in [2.05, 4.69) is 53.9 Å². The molecule has 1 aliphatic rings. The molecule has 2 rings (SSSR count). The Kier molecular flexibility index (Phi) is 6.26. The predicted octanol–water partition coefficient (Wildman–Crippen LogP) is 1.11. The third-order valence-electron chi connectivity index (χ3n) is 3.76. The second-order valence-electron chi connectivity index (χ2n) is 5.93. The Hall–Kier alpha value is -1.33. The number of hydrogen-bond acceptors (Lipinski definition) is 2. The molecule has 1 fully saturated rings. The van der Waals surface area contributed by atoms with Gasteiger partial charge < -0.3 is 20.4 Å². The SMILES string of the molecule is C[NH+](C)CCNC(=S)Nc1ccc(N2CCCCC2)cc1. The van der Waals surface area contributed by atoms with Gasteiger partial charge in [0.2, 0.25) is 0 Å². The molecule has 0 bridgehead atoms. The van der Waals surface area contributed by atoms with E-state index < -0.39 is 0 Å². The lowest BCUT2D eigenvalue weighted by molar-refractivity contribution is -0.856. The molecule has 0 unspecified atom stereocenters. The number of likely N-dealkylation sites (N-methyl/N-ethyl adjacent to an activating group) is 1. The summed E-state index contributed by atoms with van der Waals surface area (Å²) in [5, 5.41) is 7.16. The highest BCUT2D eigenvalue weighted by Crippen LogP contribution is 2.21. The second-order valence-corrected chi connectivity index (χ2v) is 6.34. The van der Waals surface area contributed by atoms with E-state index >= 15 is 0 Å². The lowest BCUT2D eigenvalue weighted by Crippen LogP contribution is -3.06. The van der Waals surface area contributed by atoms with Gasteiger partial charge in [-0.05, 0) is 55.7 Å². The average Bonchev–Trinajstić information content (AvgIpc) is 2.48. The quantitative estimate of drug-likeness (QED) is 0.712. The molecule has 0 spiro atoms. The molecule has 0 saturated carbocycles. The normalized spacial score (nSPS) is 15.1. The van der Waals surface area contributed by atoms with Crippen LogP contribution in [0.4, 0.5) is 11.4 Å². The van der Waals surface area contributed by atoms with E-state index in [1.807, 2.05) is 0 Å². The molecule has 1 aliphatic heterocycles. The van der Waals surface area contributed by atoms with Crippen LogP contribution in [-0.2, 0) is 0 Å². The summed E-state index contributed by atoms with van der Waals surface area (Å²) in [7, 11) is 4.27. The van der Waals surface area contributed by atoms with Gasteiger partial charge in [-0.2, -0.15) is 0 Å². The number of piperidine rings is 1. The van der Waals surface area contributed by atoms with Gasteiger partial charge in [0.25, 0.3) is 0 Å². The van der Waals surface area contributed by atoms with E-state index in [1.54, 1.807) is 0 Å². The van der Waals surface area contributed by atoms with Crippen molar-refractivity contribution < 1.29 is 4.90 Å². The Morgan fingerprint density at radius 3 is 2.43 bits per heavy atom. The molecular weight excluding hydrogens is 280 g/mol. The van der Waals surface area contributed by atoms with E-state index in [0.29, 0.717) is 5.11 Å². The summed E-state index contributed by atoms with van der Waals surface area (Å²) in [4.78, 5) is 3.88. The summed E-state index contributed by atoms with van der Waals surface area (Å²) in [6, 6.07) is 8.57. The molecule has 1 heterocycles. The Morgan fingerprint density at radius 2 is 1.81 bits per heavy atom. The molecule has 0 aromatic heterocycles. The van der Waals surface area contributed by atoms with E-state index in [1.165, 1.54) is 42.9 Å². The van der Waals surface area contributed by atoms with E-state index in [4.69, 9.17) is 12.2 Å². The highest BCUT2D eigenvalue weighted by Gasteiger charge is 2.10. The van der Waals surface area contributed by atoms with Gasteiger partial charge in [-0.25, -0.2) is 0 Å². The van der Waals surface area contributed by atoms with Crippen LogP contribution in [0.2, 0.25) is 0 Å². The van der Waals surface area contributed by atoms with E-state index in [9.17, 15) is 0 Å². The molecule has 116 valence electrons. The van der Waals surface area contributed by atoms with Crippen LogP contribution in [0.5, 0.6) is 0 Å². The number of thiocarbonyl (C=S) groups is 1. The van der Waals surface area contributed by atoms with Crippen LogP contribution in [0.15, 0.2) is 24.3 Å². The minimum absolute atomic E-state index is 0.696. The number of anilines is 2. The number of rotatable bonds is 5. The number of hydrogen-bond donors (Lipinski definition) is 3. The molecule has 4 nitrogen and oxygen atoms in total. The standard InChI is InChI=1S/C16H26N4S/c1-19(2)13-10-17-16(21)18-14-6-8-15(9-7-14)20-11-4-3-5-12-20/h6-9H,3-5,10-13H2,1-2H3,(H2,17,18,21)/p+1. The zero-order valence-corrected chi connectivity index (χ0v) is 13.9. The van der Waals surface area contributed by atoms with Gasteiger partial charge in [0.05, 0.1) is 27.2 Å². The van der Waals surface area contributed by atoms with Crippen LogP contribution in [0.3, 0.4) is 0 Å². The Labute approximate surface area is 133 Å². The number of nitrogens with one attached hydrogen (secondary N) is 3. The van der Waals surface area contributed by atoms with Gasteiger partial charge in [0.1, 0.15) is 0 Å². The minimum atomic E-state index is 0.696.